The molecule has 0 aliphatic heterocycles. The van der Waals surface area contributed by atoms with Crippen molar-refractivity contribution in [2.45, 2.75) is 32.6 Å². The molecule has 0 spiro atoms. The van der Waals surface area contributed by atoms with Crippen LogP contribution in [0.3, 0.4) is 0 Å². The molecule has 6 heteroatoms. The number of aromatic nitrogens is 2. The van der Waals surface area contributed by atoms with Gasteiger partial charge in [0.1, 0.15) is 5.69 Å². The average Bonchev–Trinajstić information content (AvgIpc) is 3.00. The van der Waals surface area contributed by atoms with Crippen molar-refractivity contribution in [2.24, 2.45) is 18.9 Å². The van der Waals surface area contributed by atoms with Gasteiger partial charge in [-0.25, -0.2) is 0 Å². The molecule has 20 heavy (non-hydrogen) atoms. The highest BCUT2D eigenvalue weighted by Crippen LogP contribution is 2.30. The van der Waals surface area contributed by atoms with Crippen LogP contribution in [0.15, 0.2) is 0 Å². The van der Waals surface area contributed by atoms with Crippen molar-refractivity contribution < 1.29 is 9.90 Å². The summed E-state index contributed by atoms with van der Waals surface area (Å²) in [6.45, 7) is 2.76. The Balaban J connectivity index is 2.00. The molecule has 0 bridgehead atoms. The summed E-state index contributed by atoms with van der Waals surface area (Å²) in [7, 11) is 1.73. The van der Waals surface area contributed by atoms with Gasteiger partial charge in [-0.3, -0.25) is 9.48 Å². The van der Waals surface area contributed by atoms with E-state index >= 15 is 0 Å². The number of aliphatic hydroxyl groups excluding tert-OH is 1. The van der Waals surface area contributed by atoms with Crippen molar-refractivity contribution in [3.05, 3.63) is 11.4 Å². The highest BCUT2D eigenvalue weighted by Gasteiger charge is 2.27. The Morgan fingerprint density at radius 3 is 2.80 bits per heavy atom. The van der Waals surface area contributed by atoms with Gasteiger partial charge in [-0.2, -0.15) is 5.10 Å². The summed E-state index contributed by atoms with van der Waals surface area (Å²) in [5, 5.41) is 16.5. The fourth-order valence-electron chi connectivity index (χ4n) is 3.06. The number of carbonyl (C=O) groups is 1. The van der Waals surface area contributed by atoms with Crippen molar-refractivity contribution in [3.8, 4) is 0 Å². The van der Waals surface area contributed by atoms with E-state index in [1.54, 1.807) is 11.7 Å². The highest BCUT2D eigenvalue weighted by atomic mass is 16.3. The van der Waals surface area contributed by atoms with E-state index in [-0.39, 0.29) is 12.5 Å². The highest BCUT2D eigenvalue weighted by molar-refractivity contribution is 5.97. The van der Waals surface area contributed by atoms with Crippen LogP contribution in [0.4, 0.5) is 5.69 Å². The lowest BCUT2D eigenvalue weighted by Gasteiger charge is -2.17. The smallest absolute Gasteiger partial charge is 0.271 e. The van der Waals surface area contributed by atoms with Gasteiger partial charge in [0, 0.05) is 20.2 Å². The molecule has 0 saturated heterocycles. The van der Waals surface area contributed by atoms with Gasteiger partial charge in [-0.05, 0) is 31.1 Å². The van der Waals surface area contributed by atoms with Gasteiger partial charge in [0.05, 0.1) is 11.4 Å². The van der Waals surface area contributed by atoms with Crippen LogP contribution in [-0.2, 0) is 13.5 Å². The summed E-state index contributed by atoms with van der Waals surface area (Å²) in [5.74, 6) is 0.496. The third-order valence-electron chi connectivity index (χ3n) is 4.29. The fourth-order valence-corrected chi connectivity index (χ4v) is 3.06. The molecule has 6 nitrogen and oxygen atoms in total. The summed E-state index contributed by atoms with van der Waals surface area (Å²) in [4.78, 5) is 12.3. The van der Waals surface area contributed by atoms with Gasteiger partial charge in [-0.1, -0.05) is 13.3 Å². The summed E-state index contributed by atoms with van der Waals surface area (Å²) in [6, 6.07) is 0. The van der Waals surface area contributed by atoms with Gasteiger partial charge in [0.2, 0.25) is 0 Å². The van der Waals surface area contributed by atoms with Gasteiger partial charge in [-0.15, -0.1) is 0 Å². The number of nitrogens with two attached hydrogens (primary N) is 1. The second kappa shape index (κ2) is 6.26. The molecule has 0 aromatic carbocycles. The van der Waals surface area contributed by atoms with E-state index in [0.717, 1.165) is 25.0 Å². The van der Waals surface area contributed by atoms with Crippen molar-refractivity contribution in [2.75, 3.05) is 18.9 Å². The second-order valence-electron chi connectivity index (χ2n) is 5.53. The quantitative estimate of drug-likeness (QED) is 0.740. The number of hydrogen-bond donors (Lipinski definition) is 3. The first-order chi connectivity index (χ1) is 9.58. The molecule has 1 fully saturated rings. The summed E-state index contributed by atoms with van der Waals surface area (Å²) >= 11 is 0. The van der Waals surface area contributed by atoms with Crippen LogP contribution in [0.25, 0.3) is 0 Å². The van der Waals surface area contributed by atoms with E-state index in [2.05, 4.69) is 10.4 Å². The molecule has 1 aromatic rings. The van der Waals surface area contributed by atoms with Crippen LogP contribution >= 0.6 is 0 Å². The monoisotopic (exact) mass is 280 g/mol. The maximum Gasteiger partial charge on any atom is 0.271 e. The van der Waals surface area contributed by atoms with E-state index in [9.17, 15) is 9.90 Å². The molecule has 0 radical (unpaired) electrons. The summed E-state index contributed by atoms with van der Waals surface area (Å²) < 4.78 is 1.54. The first-order valence-corrected chi connectivity index (χ1v) is 7.28. The molecule has 4 N–H and O–H groups in total. The van der Waals surface area contributed by atoms with Gasteiger partial charge < -0.3 is 16.2 Å². The standard InChI is InChI=1S/C14H24N4O2/c1-3-11-12(15)13(18(2)17-11)14(20)16-7-9-5-4-6-10(9)8-19/h9-10,19H,3-8,15H2,1-2H3,(H,16,20). The van der Waals surface area contributed by atoms with Crippen LogP contribution < -0.4 is 11.1 Å². The lowest BCUT2D eigenvalue weighted by atomic mass is 9.97. The van der Waals surface area contributed by atoms with Crippen LogP contribution in [-0.4, -0.2) is 33.9 Å². The molecule has 1 aliphatic carbocycles. The Kier molecular flexibility index (Phi) is 4.65. The van der Waals surface area contributed by atoms with Crippen molar-refractivity contribution in [1.29, 1.82) is 0 Å². The van der Waals surface area contributed by atoms with Crippen LogP contribution in [0.1, 0.15) is 42.4 Å². The third-order valence-corrected chi connectivity index (χ3v) is 4.29. The predicted octanol–water partition coefficient (Wildman–Crippen LogP) is 0.703. The van der Waals surface area contributed by atoms with Gasteiger partial charge >= 0.3 is 0 Å². The maximum atomic E-state index is 12.3. The predicted molar refractivity (Wildman–Crippen MR) is 77.2 cm³/mol. The number of anilines is 1. The van der Waals surface area contributed by atoms with E-state index < -0.39 is 0 Å². The Morgan fingerprint density at radius 2 is 2.20 bits per heavy atom. The lowest BCUT2D eigenvalue weighted by Crippen LogP contribution is -2.33. The summed E-state index contributed by atoms with van der Waals surface area (Å²) in [6.07, 6.45) is 3.94. The SMILES string of the molecule is CCc1nn(C)c(C(=O)NCC2CCCC2CO)c1N. The Hall–Kier alpha value is -1.56. The van der Waals surface area contributed by atoms with E-state index in [1.807, 2.05) is 6.92 Å². The molecule has 112 valence electrons. The lowest BCUT2D eigenvalue weighted by molar-refractivity contribution is 0.0929. The van der Waals surface area contributed by atoms with Crippen molar-refractivity contribution in [3.63, 3.8) is 0 Å². The first kappa shape index (κ1) is 14.8. The first-order valence-electron chi connectivity index (χ1n) is 7.28. The third kappa shape index (κ3) is 2.80. The second-order valence-corrected chi connectivity index (χ2v) is 5.53. The number of nitrogens with one attached hydrogen (secondary N) is 1. The molecular formula is C14H24N4O2. The molecule has 2 unspecified atom stereocenters. The number of hydrogen-bond acceptors (Lipinski definition) is 4. The van der Waals surface area contributed by atoms with E-state index in [1.165, 1.54) is 0 Å². The van der Waals surface area contributed by atoms with Gasteiger partial charge in [0.25, 0.3) is 5.91 Å². The average molecular weight is 280 g/mol. The number of rotatable bonds is 5. The number of nitrogens with zero attached hydrogens (tertiary/aromatic N) is 2. The van der Waals surface area contributed by atoms with Crippen LogP contribution in [0.5, 0.6) is 0 Å². The number of carbonyl (C=O) groups excluding carboxylic acids is 1. The van der Waals surface area contributed by atoms with E-state index in [0.29, 0.717) is 36.2 Å². The molecule has 1 saturated carbocycles. The Bertz CT molecular complexity index is 484. The molecule has 1 heterocycles. The van der Waals surface area contributed by atoms with Crippen molar-refractivity contribution in [1.82, 2.24) is 15.1 Å². The zero-order valence-electron chi connectivity index (χ0n) is 12.2. The zero-order chi connectivity index (χ0) is 14.7. The Labute approximate surface area is 119 Å². The minimum absolute atomic E-state index is 0.180. The zero-order valence-corrected chi connectivity index (χ0v) is 12.2. The number of aliphatic hydroxyl groups is 1. The largest absolute Gasteiger partial charge is 0.396 e. The number of amides is 1. The molecule has 1 aromatic heterocycles. The molecule has 2 rings (SSSR count). The fraction of sp³-hybridized carbons (Fsp3) is 0.714. The molecular weight excluding hydrogens is 256 g/mol. The van der Waals surface area contributed by atoms with Crippen LogP contribution in [0.2, 0.25) is 0 Å². The summed E-state index contributed by atoms with van der Waals surface area (Å²) in [5.41, 5.74) is 7.63. The van der Waals surface area contributed by atoms with E-state index in [4.69, 9.17) is 5.73 Å². The molecule has 1 amide bonds. The molecule has 2 atom stereocenters. The molecule has 1 aliphatic rings. The Morgan fingerprint density at radius 1 is 1.50 bits per heavy atom. The number of nitrogen functional groups attached to an aromatic ring is 1. The normalized spacial score (nSPS) is 22.1. The minimum Gasteiger partial charge on any atom is -0.396 e. The topological polar surface area (TPSA) is 93.2 Å². The van der Waals surface area contributed by atoms with Crippen LogP contribution in [0, 0.1) is 11.8 Å². The number of aryl methyl sites for hydroxylation is 2. The maximum absolute atomic E-state index is 12.3. The minimum atomic E-state index is -0.180. The van der Waals surface area contributed by atoms with Crippen molar-refractivity contribution >= 4 is 11.6 Å². The van der Waals surface area contributed by atoms with Gasteiger partial charge in [0.15, 0.2) is 0 Å².